The summed E-state index contributed by atoms with van der Waals surface area (Å²) in [6.07, 6.45) is 3.06. The zero-order valence-electron chi connectivity index (χ0n) is 11.9. The van der Waals surface area contributed by atoms with Gasteiger partial charge < -0.3 is 14.3 Å². The summed E-state index contributed by atoms with van der Waals surface area (Å²) in [5.74, 6) is 1.23. The number of rotatable bonds is 4. The van der Waals surface area contributed by atoms with Crippen LogP contribution in [0.25, 0.3) is 17.1 Å². The van der Waals surface area contributed by atoms with Crippen molar-refractivity contribution in [2.24, 2.45) is 7.05 Å². The third-order valence-electron chi connectivity index (χ3n) is 3.29. The summed E-state index contributed by atoms with van der Waals surface area (Å²) in [6.45, 7) is 0.371. The average Bonchev–Trinajstić information content (AvgIpc) is 3.07. The molecule has 0 saturated heterocycles. The lowest BCUT2D eigenvalue weighted by molar-refractivity contribution is -0.116. The summed E-state index contributed by atoms with van der Waals surface area (Å²) in [7, 11) is 1.94. The van der Waals surface area contributed by atoms with Crippen molar-refractivity contribution in [1.29, 1.82) is 0 Å². The maximum absolute atomic E-state index is 11.8. The molecule has 0 aliphatic carbocycles. The Bertz CT molecular complexity index is 848. The van der Waals surface area contributed by atoms with Gasteiger partial charge in [0.1, 0.15) is 11.6 Å². The molecule has 0 saturated carbocycles. The highest BCUT2D eigenvalue weighted by molar-refractivity contribution is 9.10. The molecule has 22 heavy (non-hydrogen) atoms. The summed E-state index contributed by atoms with van der Waals surface area (Å²) in [5.41, 5.74) is 1.97. The Hall–Kier alpha value is -2.34. The van der Waals surface area contributed by atoms with Gasteiger partial charge in [-0.3, -0.25) is 4.79 Å². The number of aromatic nitrogens is 2. The quantitative estimate of drug-likeness (QED) is 0.727. The molecule has 1 N–H and O–H groups in total. The predicted octanol–water partition coefficient (Wildman–Crippen LogP) is 3.26. The van der Waals surface area contributed by atoms with E-state index < -0.39 is 0 Å². The fourth-order valence-electron chi connectivity index (χ4n) is 2.15. The monoisotopic (exact) mass is 359 g/mol. The van der Waals surface area contributed by atoms with Crippen LogP contribution < -0.4 is 5.32 Å². The lowest BCUT2D eigenvalue weighted by atomic mass is 10.3. The molecule has 3 rings (SSSR count). The topological polar surface area (TPSA) is 60.1 Å². The lowest BCUT2D eigenvalue weighted by Crippen LogP contribution is -2.22. The maximum atomic E-state index is 11.8. The van der Waals surface area contributed by atoms with Crippen molar-refractivity contribution in [3.05, 3.63) is 58.7 Å². The average molecular weight is 360 g/mol. The van der Waals surface area contributed by atoms with E-state index in [1.165, 1.54) is 6.08 Å². The molecule has 1 aromatic carbocycles. The van der Waals surface area contributed by atoms with Crippen LogP contribution in [0.1, 0.15) is 11.6 Å². The van der Waals surface area contributed by atoms with E-state index in [4.69, 9.17) is 4.42 Å². The second kappa shape index (κ2) is 6.19. The van der Waals surface area contributed by atoms with Gasteiger partial charge in [0.25, 0.3) is 0 Å². The standard InChI is InChI=1S/C16H14BrN3O2/c1-20-13-5-3-2-4-12(13)19-15(20)10-18-16(21)9-7-11-6-8-14(17)22-11/h2-9H,10H2,1H3,(H,18,21). The van der Waals surface area contributed by atoms with Crippen molar-refractivity contribution in [3.63, 3.8) is 0 Å². The third kappa shape index (κ3) is 3.12. The van der Waals surface area contributed by atoms with Crippen molar-refractivity contribution in [3.8, 4) is 0 Å². The third-order valence-corrected chi connectivity index (χ3v) is 3.72. The Morgan fingerprint density at radius 3 is 2.91 bits per heavy atom. The van der Waals surface area contributed by atoms with Gasteiger partial charge in [0.2, 0.25) is 5.91 Å². The lowest BCUT2D eigenvalue weighted by Gasteiger charge is -2.03. The first-order chi connectivity index (χ1) is 10.6. The summed E-state index contributed by atoms with van der Waals surface area (Å²) in [5, 5.41) is 2.82. The van der Waals surface area contributed by atoms with E-state index in [0.29, 0.717) is 17.0 Å². The summed E-state index contributed by atoms with van der Waals surface area (Å²) in [4.78, 5) is 16.3. The van der Waals surface area contributed by atoms with Crippen molar-refractivity contribution < 1.29 is 9.21 Å². The molecule has 0 spiro atoms. The van der Waals surface area contributed by atoms with E-state index in [9.17, 15) is 4.79 Å². The number of halogens is 1. The summed E-state index contributed by atoms with van der Waals surface area (Å²) in [6, 6.07) is 11.4. The number of benzene rings is 1. The minimum atomic E-state index is -0.195. The molecule has 0 aliphatic rings. The Morgan fingerprint density at radius 1 is 1.36 bits per heavy atom. The van der Waals surface area contributed by atoms with Crippen molar-refractivity contribution >= 4 is 38.9 Å². The van der Waals surface area contributed by atoms with Gasteiger partial charge in [-0.15, -0.1) is 0 Å². The van der Waals surface area contributed by atoms with Crippen molar-refractivity contribution in [1.82, 2.24) is 14.9 Å². The maximum Gasteiger partial charge on any atom is 0.244 e. The van der Waals surface area contributed by atoms with Crippen molar-refractivity contribution in [2.75, 3.05) is 0 Å². The molecule has 0 bridgehead atoms. The first kappa shape index (κ1) is 14.6. The van der Waals surface area contributed by atoms with Crippen LogP contribution in [0, 0.1) is 0 Å². The number of hydrogen-bond acceptors (Lipinski definition) is 3. The minimum absolute atomic E-state index is 0.195. The normalized spacial score (nSPS) is 11.4. The number of furan rings is 1. The van der Waals surface area contributed by atoms with Crippen LogP contribution in [-0.4, -0.2) is 15.5 Å². The SMILES string of the molecule is Cn1c(CNC(=O)C=Cc2ccc(Br)o2)nc2ccccc21. The second-order valence-corrected chi connectivity index (χ2v) is 5.55. The first-order valence-corrected chi connectivity index (χ1v) is 7.54. The highest BCUT2D eigenvalue weighted by Gasteiger charge is 2.07. The van der Waals surface area contributed by atoms with Crippen LogP contribution in [0.15, 0.2) is 51.6 Å². The van der Waals surface area contributed by atoms with Crippen LogP contribution in [0.3, 0.4) is 0 Å². The van der Waals surface area contributed by atoms with E-state index in [1.807, 2.05) is 35.9 Å². The number of nitrogens with one attached hydrogen (secondary N) is 1. The molecule has 0 radical (unpaired) electrons. The van der Waals surface area contributed by atoms with Gasteiger partial charge in [0, 0.05) is 13.1 Å². The Labute approximate surface area is 135 Å². The molecule has 0 aliphatic heterocycles. The number of amides is 1. The number of carbonyl (C=O) groups is 1. The molecular formula is C16H14BrN3O2. The number of hydrogen-bond donors (Lipinski definition) is 1. The molecule has 6 heteroatoms. The number of fused-ring (bicyclic) bond motifs is 1. The number of aryl methyl sites for hydroxylation is 1. The fraction of sp³-hybridized carbons (Fsp3) is 0.125. The number of carbonyl (C=O) groups excluding carboxylic acids is 1. The first-order valence-electron chi connectivity index (χ1n) is 6.75. The summed E-state index contributed by atoms with van der Waals surface area (Å²) < 4.78 is 7.90. The molecule has 2 heterocycles. The van der Waals surface area contributed by atoms with Crippen LogP contribution in [0.2, 0.25) is 0 Å². The zero-order chi connectivity index (χ0) is 15.5. The van der Waals surface area contributed by atoms with Gasteiger partial charge in [0.15, 0.2) is 4.67 Å². The molecule has 5 nitrogen and oxygen atoms in total. The van der Waals surface area contributed by atoms with Gasteiger partial charge in [0.05, 0.1) is 17.6 Å². The van der Waals surface area contributed by atoms with Gasteiger partial charge in [-0.1, -0.05) is 12.1 Å². The number of imidazole rings is 1. The van der Waals surface area contributed by atoms with E-state index in [0.717, 1.165) is 16.9 Å². The molecule has 2 aromatic heterocycles. The second-order valence-electron chi connectivity index (χ2n) is 4.77. The molecule has 112 valence electrons. The molecule has 0 fully saturated rings. The Morgan fingerprint density at radius 2 is 2.18 bits per heavy atom. The van der Waals surface area contributed by atoms with Crippen LogP contribution in [0.4, 0.5) is 0 Å². The van der Waals surface area contributed by atoms with Gasteiger partial charge >= 0.3 is 0 Å². The summed E-state index contributed by atoms with van der Waals surface area (Å²) >= 11 is 3.21. The molecule has 0 atom stereocenters. The van der Waals surface area contributed by atoms with Crippen LogP contribution >= 0.6 is 15.9 Å². The number of nitrogens with zero attached hydrogens (tertiary/aromatic N) is 2. The highest BCUT2D eigenvalue weighted by atomic mass is 79.9. The minimum Gasteiger partial charge on any atom is -0.450 e. The van der Waals surface area contributed by atoms with E-state index in [2.05, 4.69) is 26.2 Å². The molecule has 0 unspecified atom stereocenters. The van der Waals surface area contributed by atoms with Crippen molar-refractivity contribution in [2.45, 2.75) is 6.54 Å². The smallest absolute Gasteiger partial charge is 0.244 e. The van der Waals surface area contributed by atoms with Gasteiger partial charge in [-0.2, -0.15) is 0 Å². The Kier molecular flexibility index (Phi) is 4.11. The van der Waals surface area contributed by atoms with Crippen LogP contribution in [-0.2, 0) is 18.4 Å². The van der Waals surface area contributed by atoms with E-state index in [1.54, 1.807) is 18.2 Å². The van der Waals surface area contributed by atoms with Gasteiger partial charge in [-0.05, 0) is 46.3 Å². The molecular weight excluding hydrogens is 346 g/mol. The fourth-order valence-corrected chi connectivity index (χ4v) is 2.47. The molecule has 1 amide bonds. The molecule has 3 aromatic rings. The van der Waals surface area contributed by atoms with E-state index >= 15 is 0 Å². The number of para-hydroxylation sites is 2. The van der Waals surface area contributed by atoms with E-state index in [-0.39, 0.29) is 5.91 Å². The van der Waals surface area contributed by atoms with Crippen LogP contribution in [0.5, 0.6) is 0 Å². The predicted molar refractivity (Wildman–Crippen MR) is 88.0 cm³/mol. The van der Waals surface area contributed by atoms with Gasteiger partial charge in [-0.25, -0.2) is 4.98 Å². The zero-order valence-corrected chi connectivity index (χ0v) is 13.5. The highest BCUT2D eigenvalue weighted by Crippen LogP contribution is 2.15. The Balaban J connectivity index is 1.65. The largest absolute Gasteiger partial charge is 0.450 e.